The van der Waals surface area contributed by atoms with E-state index in [1.54, 1.807) is 6.92 Å². The third-order valence-corrected chi connectivity index (χ3v) is 3.22. The zero-order valence-electron chi connectivity index (χ0n) is 12.5. The van der Waals surface area contributed by atoms with Crippen LogP contribution in [0, 0.1) is 44.0 Å². The Morgan fingerprint density at radius 2 is 1.82 bits per heavy atom. The van der Waals surface area contributed by atoms with E-state index in [1.807, 2.05) is 0 Å². The van der Waals surface area contributed by atoms with E-state index in [4.69, 9.17) is 28.9 Å². The summed E-state index contributed by atoms with van der Waals surface area (Å²) in [7, 11) is 2.49. The van der Waals surface area contributed by atoms with Gasteiger partial charge in [0.2, 0.25) is 0 Å². The van der Waals surface area contributed by atoms with Crippen molar-refractivity contribution in [1.29, 1.82) is 0 Å². The largest absolute Gasteiger partial charge is 0.465 e. The number of aromatic nitrogens is 1. The van der Waals surface area contributed by atoms with Gasteiger partial charge in [-0.05, 0) is 6.92 Å². The first-order valence-corrected chi connectivity index (χ1v) is 6.05. The molecule has 1 heterocycles. The molecule has 0 saturated carbocycles. The van der Waals surface area contributed by atoms with Crippen molar-refractivity contribution in [2.24, 2.45) is 0 Å². The molecule has 0 aromatic carbocycles. The number of terminal acetylenes is 3. The van der Waals surface area contributed by atoms with Crippen LogP contribution in [0.3, 0.4) is 0 Å². The van der Waals surface area contributed by atoms with Crippen LogP contribution in [-0.4, -0.2) is 30.1 Å². The van der Waals surface area contributed by atoms with Gasteiger partial charge in [0.1, 0.15) is 12.3 Å². The number of nitrogens with zero attached hydrogens (tertiary/aromatic N) is 1. The summed E-state index contributed by atoms with van der Waals surface area (Å²) in [4.78, 5) is 21.5. The Balaban J connectivity index is 3.80. The predicted octanol–water partition coefficient (Wildman–Crippen LogP) is 1.04. The first kappa shape index (κ1) is 17.2. The van der Waals surface area contributed by atoms with E-state index in [1.165, 1.54) is 14.2 Å². The van der Waals surface area contributed by atoms with Crippen LogP contribution in [0.2, 0.25) is 0 Å². The van der Waals surface area contributed by atoms with E-state index >= 15 is 0 Å². The zero-order valence-corrected chi connectivity index (χ0v) is 12.5. The van der Waals surface area contributed by atoms with Crippen molar-refractivity contribution in [3.63, 3.8) is 0 Å². The highest BCUT2D eigenvalue weighted by atomic mass is 17.2. The van der Waals surface area contributed by atoms with Gasteiger partial charge < -0.3 is 9.94 Å². The maximum absolute atomic E-state index is 12.1. The predicted molar refractivity (Wildman–Crippen MR) is 77.7 cm³/mol. The van der Waals surface area contributed by atoms with Crippen molar-refractivity contribution in [3.05, 3.63) is 22.5 Å². The lowest BCUT2D eigenvalue weighted by molar-refractivity contribution is -0.282. The summed E-state index contributed by atoms with van der Waals surface area (Å²) in [5, 5.41) is 10.3. The van der Waals surface area contributed by atoms with Crippen LogP contribution in [0.25, 0.3) is 0 Å². The second-order valence-corrected chi connectivity index (χ2v) is 4.20. The monoisotopic (exact) mass is 301 g/mol. The molecule has 1 aromatic heterocycles. The molecule has 114 valence electrons. The Hall–Kier alpha value is -2.85. The lowest BCUT2D eigenvalue weighted by Gasteiger charge is -2.18. The van der Waals surface area contributed by atoms with Crippen LogP contribution in [-0.2, 0) is 26.5 Å². The van der Waals surface area contributed by atoms with E-state index < -0.39 is 11.4 Å². The normalized spacial score (nSPS) is 10.4. The second-order valence-electron chi connectivity index (χ2n) is 4.20. The van der Waals surface area contributed by atoms with Gasteiger partial charge in [0.25, 0.3) is 0 Å². The molecule has 22 heavy (non-hydrogen) atoms. The molecule has 0 aliphatic carbocycles. The minimum absolute atomic E-state index is 0.0478. The van der Waals surface area contributed by atoms with E-state index in [0.717, 1.165) is 0 Å². The summed E-state index contributed by atoms with van der Waals surface area (Å²) in [6, 6.07) is 0. The van der Waals surface area contributed by atoms with Crippen molar-refractivity contribution in [3.8, 4) is 37.0 Å². The molecule has 1 rings (SSSR count). The quantitative estimate of drug-likeness (QED) is 0.289. The SMILES string of the molecule is C#CC(C#C)(C#C)c1c(C(=O)OC)c(COOC)c(C)n1O. The number of ether oxygens (including phenoxy) is 1. The Morgan fingerprint density at radius 1 is 1.27 bits per heavy atom. The molecule has 0 aliphatic heterocycles. The van der Waals surface area contributed by atoms with Crippen molar-refractivity contribution in [2.45, 2.75) is 18.9 Å². The maximum atomic E-state index is 12.1. The van der Waals surface area contributed by atoms with Crippen molar-refractivity contribution < 1.29 is 24.5 Å². The molecule has 0 atom stereocenters. The van der Waals surface area contributed by atoms with Gasteiger partial charge in [0.15, 0.2) is 5.41 Å². The molecule has 0 unspecified atom stereocenters. The van der Waals surface area contributed by atoms with Gasteiger partial charge in [0.05, 0.1) is 25.5 Å². The molecule has 0 bridgehead atoms. The summed E-state index contributed by atoms with van der Waals surface area (Å²) in [5.41, 5.74) is -1.30. The van der Waals surface area contributed by atoms with Gasteiger partial charge >= 0.3 is 5.97 Å². The van der Waals surface area contributed by atoms with Crippen molar-refractivity contribution in [2.75, 3.05) is 14.2 Å². The minimum atomic E-state index is -1.71. The molecule has 6 heteroatoms. The zero-order chi connectivity index (χ0) is 16.9. The fourth-order valence-electron chi connectivity index (χ4n) is 2.02. The molecule has 1 aromatic rings. The Bertz CT molecular complexity index is 673. The van der Waals surface area contributed by atoms with Crippen LogP contribution >= 0.6 is 0 Å². The molecule has 1 N–H and O–H groups in total. The fourth-order valence-corrected chi connectivity index (χ4v) is 2.02. The van der Waals surface area contributed by atoms with Gasteiger partial charge in [-0.2, -0.15) is 4.73 Å². The van der Waals surface area contributed by atoms with E-state index in [0.29, 0.717) is 10.3 Å². The van der Waals surface area contributed by atoms with Gasteiger partial charge in [-0.15, -0.1) is 19.3 Å². The van der Waals surface area contributed by atoms with Gasteiger partial charge in [0, 0.05) is 5.56 Å². The Morgan fingerprint density at radius 3 is 2.23 bits per heavy atom. The molecule has 0 fully saturated rings. The highest BCUT2D eigenvalue weighted by molar-refractivity contribution is 5.94. The van der Waals surface area contributed by atoms with Crippen LogP contribution in [0.4, 0.5) is 0 Å². The third-order valence-electron chi connectivity index (χ3n) is 3.22. The van der Waals surface area contributed by atoms with Crippen LogP contribution in [0.5, 0.6) is 0 Å². The number of esters is 1. The molecule has 0 radical (unpaired) electrons. The van der Waals surface area contributed by atoms with Crippen molar-refractivity contribution >= 4 is 5.97 Å². The first-order valence-electron chi connectivity index (χ1n) is 6.05. The molecular weight excluding hydrogens is 286 g/mol. The maximum Gasteiger partial charge on any atom is 0.340 e. The Labute approximate surface area is 128 Å². The van der Waals surface area contributed by atoms with Gasteiger partial charge in [-0.25, -0.2) is 14.6 Å². The Kier molecular flexibility index (Phi) is 5.27. The van der Waals surface area contributed by atoms with Crippen molar-refractivity contribution in [1.82, 2.24) is 4.73 Å². The summed E-state index contributed by atoms with van der Waals surface area (Å²) < 4.78 is 5.41. The average Bonchev–Trinajstić information content (AvgIpc) is 2.80. The third kappa shape index (κ3) is 2.52. The molecule has 6 nitrogen and oxygen atoms in total. The summed E-state index contributed by atoms with van der Waals surface area (Å²) in [5.74, 6) is 6.01. The van der Waals surface area contributed by atoms with Crippen LogP contribution in [0.15, 0.2) is 0 Å². The number of hydrogen-bond acceptors (Lipinski definition) is 5. The highest BCUT2D eigenvalue weighted by Gasteiger charge is 2.39. The van der Waals surface area contributed by atoms with Gasteiger partial charge in [-0.3, -0.25) is 0 Å². The number of rotatable bonds is 5. The smallest absolute Gasteiger partial charge is 0.340 e. The second kappa shape index (κ2) is 6.74. The summed E-state index contributed by atoms with van der Waals surface area (Å²) in [6.45, 7) is 1.40. The van der Waals surface area contributed by atoms with E-state index in [2.05, 4.69) is 22.6 Å². The lowest BCUT2D eigenvalue weighted by atomic mass is 9.84. The highest BCUT2D eigenvalue weighted by Crippen LogP contribution is 2.32. The topological polar surface area (TPSA) is 69.9 Å². The number of methoxy groups -OCH3 is 1. The molecule has 0 aliphatic rings. The molecule has 0 spiro atoms. The summed E-state index contributed by atoms with van der Waals surface area (Å²) >= 11 is 0. The van der Waals surface area contributed by atoms with Crippen LogP contribution in [0.1, 0.15) is 27.3 Å². The van der Waals surface area contributed by atoms with E-state index in [9.17, 15) is 10.0 Å². The summed E-state index contributed by atoms with van der Waals surface area (Å²) in [6.07, 6.45) is 16.3. The fraction of sp³-hybridized carbons (Fsp3) is 0.312. The minimum Gasteiger partial charge on any atom is -0.465 e. The molecular formula is C16H15NO5. The standard InChI is InChI=1S/C16H15NO5/c1-7-16(8-2,9-3)14-13(15(18)20-5)12(10-22-21-6)11(4)17(14)19/h1-3,19H,10H2,4-6H3. The van der Waals surface area contributed by atoms with Crippen LogP contribution < -0.4 is 0 Å². The van der Waals surface area contributed by atoms with E-state index in [-0.39, 0.29) is 23.6 Å². The molecule has 0 saturated heterocycles. The average molecular weight is 301 g/mol. The first-order chi connectivity index (χ1) is 10.4. The number of carbonyl (C=O) groups excluding carboxylic acids is 1. The van der Waals surface area contributed by atoms with Gasteiger partial charge in [-0.1, -0.05) is 17.8 Å². The molecule has 0 amide bonds. The number of carbonyl (C=O) groups is 1. The lowest BCUT2D eigenvalue weighted by Crippen LogP contribution is -2.26. The number of hydrogen-bond donors (Lipinski definition) is 1.